The molecule has 1 aliphatic carbocycles. The van der Waals surface area contributed by atoms with Gasteiger partial charge < -0.3 is 9.73 Å². The Bertz CT molecular complexity index is 867. The van der Waals surface area contributed by atoms with E-state index in [1.807, 2.05) is 6.07 Å². The molecule has 2 fully saturated rings. The SMILES string of the molecule is O=C(C[C@H]1CCS(=O)(=O)C1)Nc1ccc2nc(C3CC3)oc2c1. The Kier molecular flexibility index (Phi) is 3.41. The maximum Gasteiger partial charge on any atom is 0.224 e. The average Bonchev–Trinajstić information content (AvgIpc) is 3.16. The van der Waals surface area contributed by atoms with E-state index in [0.29, 0.717) is 23.6 Å². The molecule has 0 unspecified atom stereocenters. The number of carbonyl (C=O) groups excluding carboxylic acids is 1. The minimum Gasteiger partial charge on any atom is -0.440 e. The van der Waals surface area contributed by atoms with Gasteiger partial charge in [-0.15, -0.1) is 0 Å². The number of fused-ring (bicyclic) bond motifs is 1. The van der Waals surface area contributed by atoms with Gasteiger partial charge in [-0.05, 0) is 37.3 Å². The molecule has 0 spiro atoms. The van der Waals surface area contributed by atoms with Crippen LogP contribution in [0.4, 0.5) is 5.69 Å². The molecule has 1 aliphatic heterocycles. The topological polar surface area (TPSA) is 89.3 Å². The van der Waals surface area contributed by atoms with Crippen LogP contribution in [0.2, 0.25) is 0 Å². The molecule has 23 heavy (non-hydrogen) atoms. The Labute approximate surface area is 134 Å². The summed E-state index contributed by atoms with van der Waals surface area (Å²) in [5.74, 6) is 1.30. The second-order valence-electron chi connectivity index (χ2n) is 6.53. The zero-order valence-corrected chi connectivity index (χ0v) is 13.4. The number of nitrogens with zero attached hydrogens (tertiary/aromatic N) is 1. The molecule has 1 saturated heterocycles. The van der Waals surface area contributed by atoms with E-state index in [0.717, 1.165) is 24.2 Å². The molecular formula is C16H18N2O4S. The standard InChI is InChI=1S/C16H18N2O4S/c19-15(7-10-5-6-23(20,21)9-10)17-12-3-4-13-14(8-12)22-16(18-13)11-1-2-11/h3-4,8,10-11H,1-2,5-7,9H2,(H,17,19)/t10-/m1/s1. The molecule has 1 aromatic heterocycles. The molecule has 2 aromatic rings. The zero-order chi connectivity index (χ0) is 16.0. The van der Waals surface area contributed by atoms with Crippen molar-refractivity contribution in [1.82, 2.24) is 4.98 Å². The highest BCUT2D eigenvalue weighted by Gasteiger charge is 2.30. The minimum atomic E-state index is -2.95. The van der Waals surface area contributed by atoms with E-state index in [2.05, 4.69) is 10.3 Å². The maximum atomic E-state index is 12.1. The lowest BCUT2D eigenvalue weighted by atomic mass is 10.1. The lowest BCUT2D eigenvalue weighted by Gasteiger charge is -2.08. The normalized spacial score (nSPS) is 23.2. The van der Waals surface area contributed by atoms with Gasteiger partial charge in [0.2, 0.25) is 5.91 Å². The van der Waals surface area contributed by atoms with Gasteiger partial charge in [0, 0.05) is 24.1 Å². The first kappa shape index (κ1) is 14.7. The van der Waals surface area contributed by atoms with Crippen LogP contribution in [0.15, 0.2) is 22.6 Å². The van der Waals surface area contributed by atoms with E-state index < -0.39 is 9.84 Å². The van der Waals surface area contributed by atoms with Crippen molar-refractivity contribution in [2.45, 2.75) is 31.6 Å². The second-order valence-corrected chi connectivity index (χ2v) is 8.76. The highest BCUT2D eigenvalue weighted by atomic mass is 32.2. The molecule has 2 heterocycles. The highest BCUT2D eigenvalue weighted by Crippen LogP contribution is 2.40. The Morgan fingerprint density at radius 1 is 1.30 bits per heavy atom. The second kappa shape index (κ2) is 5.33. The van der Waals surface area contributed by atoms with E-state index in [1.165, 1.54) is 0 Å². The van der Waals surface area contributed by atoms with E-state index in [9.17, 15) is 13.2 Å². The van der Waals surface area contributed by atoms with Crippen molar-refractivity contribution >= 4 is 32.5 Å². The van der Waals surface area contributed by atoms with E-state index in [4.69, 9.17) is 4.42 Å². The van der Waals surface area contributed by atoms with Gasteiger partial charge in [0.1, 0.15) is 5.52 Å². The van der Waals surface area contributed by atoms with E-state index in [-0.39, 0.29) is 29.8 Å². The van der Waals surface area contributed by atoms with Crippen molar-refractivity contribution in [3.8, 4) is 0 Å². The van der Waals surface area contributed by atoms with Gasteiger partial charge in [-0.2, -0.15) is 0 Å². The van der Waals surface area contributed by atoms with Gasteiger partial charge in [-0.25, -0.2) is 13.4 Å². The lowest BCUT2D eigenvalue weighted by molar-refractivity contribution is -0.116. The van der Waals surface area contributed by atoms with Crippen molar-refractivity contribution in [2.24, 2.45) is 5.92 Å². The Hall–Kier alpha value is -1.89. The molecule has 7 heteroatoms. The number of hydrogen-bond donors (Lipinski definition) is 1. The van der Waals surface area contributed by atoms with Crippen LogP contribution in [-0.4, -0.2) is 30.8 Å². The Balaban J connectivity index is 1.43. The quantitative estimate of drug-likeness (QED) is 0.928. The van der Waals surface area contributed by atoms with Crippen LogP contribution < -0.4 is 5.32 Å². The summed E-state index contributed by atoms with van der Waals surface area (Å²) in [6.45, 7) is 0. The van der Waals surface area contributed by atoms with Gasteiger partial charge in [0.25, 0.3) is 0 Å². The number of nitrogens with one attached hydrogen (secondary N) is 1. The van der Waals surface area contributed by atoms with Crippen molar-refractivity contribution in [3.05, 3.63) is 24.1 Å². The first-order chi connectivity index (χ1) is 11.0. The van der Waals surface area contributed by atoms with Gasteiger partial charge in [0.05, 0.1) is 11.5 Å². The Morgan fingerprint density at radius 2 is 2.13 bits per heavy atom. The summed E-state index contributed by atoms with van der Waals surface area (Å²) in [5, 5.41) is 2.82. The molecule has 1 aromatic carbocycles. The predicted molar refractivity (Wildman–Crippen MR) is 86.0 cm³/mol. The van der Waals surface area contributed by atoms with E-state index >= 15 is 0 Å². The van der Waals surface area contributed by atoms with Crippen LogP contribution in [0.25, 0.3) is 11.1 Å². The first-order valence-corrected chi connectivity index (χ1v) is 9.71. The van der Waals surface area contributed by atoms with Crippen LogP contribution in [-0.2, 0) is 14.6 Å². The van der Waals surface area contributed by atoms with Gasteiger partial charge in [-0.1, -0.05) is 0 Å². The maximum absolute atomic E-state index is 12.1. The number of anilines is 1. The lowest BCUT2D eigenvalue weighted by Crippen LogP contribution is -2.17. The fourth-order valence-corrected chi connectivity index (χ4v) is 4.89. The van der Waals surface area contributed by atoms with Crippen LogP contribution in [0, 0.1) is 5.92 Å². The van der Waals surface area contributed by atoms with Crippen LogP contribution >= 0.6 is 0 Å². The third-order valence-corrected chi connectivity index (χ3v) is 6.25. The molecular weight excluding hydrogens is 316 g/mol. The monoisotopic (exact) mass is 334 g/mol. The molecule has 0 radical (unpaired) electrons. The number of rotatable bonds is 4. The first-order valence-electron chi connectivity index (χ1n) is 7.89. The van der Waals surface area contributed by atoms with Gasteiger partial charge in [-0.3, -0.25) is 4.79 Å². The summed E-state index contributed by atoms with van der Waals surface area (Å²) in [6.07, 6.45) is 3.06. The third-order valence-electron chi connectivity index (χ3n) is 4.42. The minimum absolute atomic E-state index is 0.0736. The summed E-state index contributed by atoms with van der Waals surface area (Å²) in [6, 6.07) is 5.41. The number of sulfone groups is 1. The molecule has 6 nitrogen and oxygen atoms in total. The van der Waals surface area contributed by atoms with Gasteiger partial charge >= 0.3 is 0 Å². The largest absolute Gasteiger partial charge is 0.440 e. The fourth-order valence-electron chi connectivity index (χ4n) is 3.03. The van der Waals surface area contributed by atoms with Crippen LogP contribution in [0.1, 0.15) is 37.5 Å². The number of benzene rings is 1. The van der Waals surface area contributed by atoms with Crippen molar-refractivity contribution in [2.75, 3.05) is 16.8 Å². The van der Waals surface area contributed by atoms with Crippen LogP contribution in [0.3, 0.4) is 0 Å². The molecule has 122 valence electrons. The average molecular weight is 334 g/mol. The van der Waals surface area contributed by atoms with Crippen molar-refractivity contribution in [3.63, 3.8) is 0 Å². The summed E-state index contributed by atoms with van der Waals surface area (Å²) in [4.78, 5) is 16.5. The van der Waals surface area contributed by atoms with Crippen molar-refractivity contribution < 1.29 is 17.6 Å². The summed E-state index contributed by atoms with van der Waals surface area (Å²) < 4.78 is 28.6. The molecule has 2 aliphatic rings. The number of oxazole rings is 1. The summed E-state index contributed by atoms with van der Waals surface area (Å²) in [5.41, 5.74) is 2.13. The predicted octanol–water partition coefficient (Wildman–Crippen LogP) is 2.47. The molecule has 4 rings (SSSR count). The van der Waals surface area contributed by atoms with E-state index in [1.54, 1.807) is 12.1 Å². The number of amides is 1. The summed E-state index contributed by atoms with van der Waals surface area (Å²) >= 11 is 0. The molecule has 0 bridgehead atoms. The molecule has 1 atom stereocenters. The number of carbonyl (C=O) groups is 1. The highest BCUT2D eigenvalue weighted by molar-refractivity contribution is 7.91. The third kappa shape index (κ3) is 3.24. The van der Waals surface area contributed by atoms with Crippen molar-refractivity contribution in [1.29, 1.82) is 0 Å². The zero-order valence-electron chi connectivity index (χ0n) is 12.6. The fraction of sp³-hybridized carbons (Fsp3) is 0.500. The molecule has 1 saturated carbocycles. The van der Waals surface area contributed by atoms with Gasteiger partial charge in [0.15, 0.2) is 21.3 Å². The van der Waals surface area contributed by atoms with Crippen LogP contribution in [0.5, 0.6) is 0 Å². The molecule has 1 N–H and O–H groups in total. The Morgan fingerprint density at radius 3 is 2.83 bits per heavy atom. The number of hydrogen-bond acceptors (Lipinski definition) is 5. The smallest absolute Gasteiger partial charge is 0.224 e. The number of aromatic nitrogens is 1. The summed E-state index contributed by atoms with van der Waals surface area (Å²) in [7, 11) is -2.95. The molecule has 1 amide bonds.